The summed E-state index contributed by atoms with van der Waals surface area (Å²) in [5, 5.41) is 11.7. The van der Waals surface area contributed by atoms with E-state index in [2.05, 4.69) is 37.7 Å². The number of rotatable bonds is 1. The van der Waals surface area contributed by atoms with Gasteiger partial charge in [-0.1, -0.05) is 5.16 Å². The van der Waals surface area contributed by atoms with E-state index in [0.717, 1.165) is 30.7 Å². The van der Waals surface area contributed by atoms with Crippen molar-refractivity contribution in [3.8, 4) is 0 Å². The third-order valence-corrected chi connectivity index (χ3v) is 2.05. The predicted molar refractivity (Wildman–Crippen MR) is 53.7 cm³/mol. The Balaban J connectivity index is 2.23. The van der Waals surface area contributed by atoms with Gasteiger partial charge in [0, 0.05) is 0 Å². The number of aryl methyl sites for hydroxylation is 1. The molecule has 7 heteroatoms. The van der Waals surface area contributed by atoms with Crippen molar-refractivity contribution in [1.29, 1.82) is 0 Å². The monoisotopic (exact) mass is 211 g/mol. The number of nitrogens with one attached hydrogen (secondary N) is 1. The molecule has 6 nitrogen and oxygen atoms in total. The summed E-state index contributed by atoms with van der Waals surface area (Å²) in [6, 6.07) is 0. The van der Waals surface area contributed by atoms with Crippen molar-refractivity contribution in [1.82, 2.24) is 15.7 Å². The van der Waals surface area contributed by atoms with Gasteiger partial charge in [-0.2, -0.15) is 5.10 Å². The number of nitrogens with zero attached hydrogens (tertiary/aromatic N) is 3. The maximum atomic E-state index is 5.26. The van der Waals surface area contributed by atoms with E-state index in [9.17, 15) is 0 Å². The molecule has 0 radical (unpaired) electrons. The third-order valence-electron chi connectivity index (χ3n) is 1.96. The van der Waals surface area contributed by atoms with Crippen LogP contribution in [0.5, 0.6) is 0 Å². The van der Waals surface area contributed by atoms with E-state index in [4.69, 9.17) is 5.73 Å². The van der Waals surface area contributed by atoms with Crippen molar-refractivity contribution in [2.24, 2.45) is 10.8 Å². The minimum absolute atomic E-state index is 0.140. The van der Waals surface area contributed by atoms with Crippen LogP contribution in [0.1, 0.15) is 24.2 Å². The molecule has 1 aliphatic rings. The lowest BCUT2D eigenvalue weighted by Crippen LogP contribution is -2.26. The van der Waals surface area contributed by atoms with Gasteiger partial charge in [0.25, 0.3) is 0 Å². The van der Waals surface area contributed by atoms with Gasteiger partial charge < -0.3 is 5.73 Å². The molecule has 1 aliphatic carbocycles. The van der Waals surface area contributed by atoms with E-state index in [-0.39, 0.29) is 5.11 Å². The fourth-order valence-corrected chi connectivity index (χ4v) is 1.41. The Labute approximate surface area is 85.5 Å². The Morgan fingerprint density at radius 3 is 3.14 bits per heavy atom. The minimum Gasteiger partial charge on any atom is -0.375 e. The highest BCUT2D eigenvalue weighted by Gasteiger charge is 2.21. The van der Waals surface area contributed by atoms with Crippen molar-refractivity contribution in [3.63, 3.8) is 0 Å². The van der Waals surface area contributed by atoms with E-state index in [0.29, 0.717) is 5.69 Å². The fraction of sp³-hybridized carbons (Fsp3) is 0.429. The highest BCUT2D eigenvalue weighted by molar-refractivity contribution is 7.80. The molecule has 74 valence electrons. The number of nitrogens with two attached hydrogens (primary N) is 1. The minimum atomic E-state index is 0.140. The van der Waals surface area contributed by atoms with Gasteiger partial charge in [-0.15, -0.1) is 0 Å². The highest BCUT2D eigenvalue weighted by atomic mass is 32.1. The molecule has 3 N–H and O–H groups in total. The molecule has 0 amide bonds. The first-order chi connectivity index (χ1) is 6.77. The van der Waals surface area contributed by atoms with Crippen LogP contribution in [0.3, 0.4) is 0 Å². The van der Waals surface area contributed by atoms with Gasteiger partial charge in [-0.25, -0.2) is 4.63 Å². The van der Waals surface area contributed by atoms with E-state index in [1.807, 2.05) is 0 Å². The standard InChI is InChI=1S/C7H9N5OS/c8-7(14)10-9-4-2-1-3-5-6(4)12-13-11-5/h1-3H2,(H3,8,10,14)/b9-4+. The summed E-state index contributed by atoms with van der Waals surface area (Å²) in [6.45, 7) is 0. The van der Waals surface area contributed by atoms with E-state index >= 15 is 0 Å². The molecule has 0 fully saturated rings. The number of hydrazone groups is 1. The summed E-state index contributed by atoms with van der Waals surface area (Å²) >= 11 is 4.64. The van der Waals surface area contributed by atoms with E-state index in [1.54, 1.807) is 0 Å². The van der Waals surface area contributed by atoms with Crippen LogP contribution in [0.25, 0.3) is 0 Å². The molecular formula is C7H9N5OS. The Hall–Kier alpha value is -1.50. The molecule has 1 aromatic rings. The zero-order valence-electron chi connectivity index (χ0n) is 7.36. The zero-order chi connectivity index (χ0) is 9.97. The second-order valence-corrected chi connectivity index (χ2v) is 3.39. The lowest BCUT2D eigenvalue weighted by atomic mass is 9.99. The Morgan fingerprint density at radius 2 is 2.36 bits per heavy atom. The first-order valence-corrected chi connectivity index (χ1v) is 4.62. The maximum absolute atomic E-state index is 5.26. The summed E-state index contributed by atoms with van der Waals surface area (Å²) in [4.78, 5) is 0. The van der Waals surface area contributed by atoms with E-state index < -0.39 is 0 Å². The second kappa shape index (κ2) is 3.70. The molecule has 0 saturated heterocycles. The average molecular weight is 211 g/mol. The van der Waals surface area contributed by atoms with Crippen molar-refractivity contribution in [3.05, 3.63) is 11.4 Å². The largest absolute Gasteiger partial charge is 0.375 e. The third kappa shape index (κ3) is 1.72. The highest BCUT2D eigenvalue weighted by Crippen LogP contribution is 2.17. The quantitative estimate of drug-likeness (QED) is 0.500. The first kappa shape index (κ1) is 9.07. The van der Waals surface area contributed by atoms with Gasteiger partial charge in [0.15, 0.2) is 10.8 Å². The summed E-state index contributed by atoms with van der Waals surface area (Å²) in [7, 11) is 0. The van der Waals surface area contributed by atoms with Crippen LogP contribution in [0.15, 0.2) is 9.73 Å². The number of aromatic nitrogens is 2. The topological polar surface area (TPSA) is 89.3 Å². The molecule has 0 aliphatic heterocycles. The van der Waals surface area contributed by atoms with Crippen LogP contribution >= 0.6 is 12.2 Å². The van der Waals surface area contributed by atoms with Crippen LogP contribution in [0.2, 0.25) is 0 Å². The number of thiocarbonyl (C=S) groups is 1. The summed E-state index contributed by atoms with van der Waals surface area (Å²) in [5.41, 5.74) is 10.1. The number of fused-ring (bicyclic) bond motifs is 1. The lowest BCUT2D eigenvalue weighted by Gasteiger charge is -2.09. The van der Waals surface area contributed by atoms with Gasteiger partial charge >= 0.3 is 0 Å². The molecule has 0 atom stereocenters. The predicted octanol–water partition coefficient (Wildman–Crippen LogP) is -0.0568. The molecule has 2 rings (SSSR count). The van der Waals surface area contributed by atoms with Crippen LogP contribution < -0.4 is 11.2 Å². The molecule has 0 spiro atoms. The summed E-state index contributed by atoms with van der Waals surface area (Å²) in [6.07, 6.45) is 2.70. The normalized spacial score (nSPS) is 17.9. The molecule has 0 bridgehead atoms. The van der Waals surface area contributed by atoms with Gasteiger partial charge in [0.2, 0.25) is 0 Å². The van der Waals surface area contributed by atoms with Crippen LogP contribution in [0.4, 0.5) is 0 Å². The molecule has 1 aromatic heterocycles. The molecule has 0 unspecified atom stereocenters. The summed E-state index contributed by atoms with van der Waals surface area (Å²) < 4.78 is 4.63. The Kier molecular flexibility index (Phi) is 2.40. The maximum Gasteiger partial charge on any atom is 0.184 e. The smallest absolute Gasteiger partial charge is 0.184 e. The molecule has 0 saturated carbocycles. The van der Waals surface area contributed by atoms with Gasteiger partial charge in [-0.3, -0.25) is 5.43 Å². The van der Waals surface area contributed by atoms with Crippen molar-refractivity contribution in [2.45, 2.75) is 19.3 Å². The molecule has 0 aromatic carbocycles. The van der Waals surface area contributed by atoms with Gasteiger partial charge in [-0.05, 0) is 36.6 Å². The van der Waals surface area contributed by atoms with Crippen LogP contribution in [-0.4, -0.2) is 21.1 Å². The Morgan fingerprint density at radius 1 is 1.50 bits per heavy atom. The van der Waals surface area contributed by atoms with Crippen molar-refractivity contribution >= 4 is 23.0 Å². The number of hydrogen-bond donors (Lipinski definition) is 2. The lowest BCUT2D eigenvalue weighted by molar-refractivity contribution is 0.303. The van der Waals surface area contributed by atoms with Crippen molar-refractivity contribution < 1.29 is 4.63 Å². The molecule has 14 heavy (non-hydrogen) atoms. The number of hydrogen-bond acceptors (Lipinski definition) is 5. The Bertz CT molecular complexity index is 385. The zero-order valence-corrected chi connectivity index (χ0v) is 8.17. The van der Waals surface area contributed by atoms with Crippen LogP contribution in [-0.2, 0) is 6.42 Å². The summed E-state index contributed by atoms with van der Waals surface area (Å²) in [5.74, 6) is 0. The first-order valence-electron chi connectivity index (χ1n) is 4.21. The van der Waals surface area contributed by atoms with E-state index in [1.165, 1.54) is 0 Å². The van der Waals surface area contributed by atoms with Gasteiger partial charge in [0.1, 0.15) is 5.69 Å². The average Bonchev–Trinajstić information content (AvgIpc) is 2.62. The second-order valence-electron chi connectivity index (χ2n) is 2.95. The SMILES string of the molecule is NC(=S)N/N=C1\CCCc2nonc21. The van der Waals surface area contributed by atoms with Crippen LogP contribution in [0, 0.1) is 0 Å². The molecule has 1 heterocycles. The fourth-order valence-electron chi connectivity index (χ4n) is 1.36. The van der Waals surface area contributed by atoms with Crippen molar-refractivity contribution in [2.75, 3.05) is 0 Å². The molecular weight excluding hydrogens is 202 g/mol. The van der Waals surface area contributed by atoms with Gasteiger partial charge in [0.05, 0.1) is 5.71 Å².